The van der Waals surface area contributed by atoms with Crippen LogP contribution in [-0.4, -0.2) is 30.7 Å². The third-order valence-electron chi connectivity index (χ3n) is 3.65. The molecule has 140 valence electrons. The molecule has 8 nitrogen and oxygen atoms in total. The summed E-state index contributed by atoms with van der Waals surface area (Å²) in [4.78, 5) is 36.1. The van der Waals surface area contributed by atoms with Crippen LogP contribution in [0.15, 0.2) is 42.5 Å². The van der Waals surface area contributed by atoms with Crippen molar-refractivity contribution in [1.82, 2.24) is 10.9 Å². The van der Waals surface area contributed by atoms with Gasteiger partial charge in [-0.15, -0.1) is 0 Å². The van der Waals surface area contributed by atoms with Gasteiger partial charge in [0.1, 0.15) is 0 Å². The van der Waals surface area contributed by atoms with Crippen molar-refractivity contribution in [1.29, 1.82) is 0 Å². The van der Waals surface area contributed by atoms with Crippen molar-refractivity contribution in [3.63, 3.8) is 0 Å². The second-order valence-corrected chi connectivity index (χ2v) is 5.96. The van der Waals surface area contributed by atoms with Crippen molar-refractivity contribution in [3.05, 3.63) is 58.6 Å². The Bertz CT molecular complexity index is 887. The summed E-state index contributed by atoms with van der Waals surface area (Å²) in [6.45, 7) is 1.38. The molecule has 2 aromatic carbocycles. The number of hydrazine groups is 1. The highest BCUT2D eigenvalue weighted by atomic mass is 35.5. The highest BCUT2D eigenvalue weighted by Crippen LogP contribution is 2.39. The number of benzene rings is 2. The first-order valence-corrected chi connectivity index (χ1v) is 8.29. The zero-order chi connectivity index (χ0) is 19.4. The summed E-state index contributed by atoms with van der Waals surface area (Å²) in [5.41, 5.74) is 4.93. The normalized spacial score (nSPS) is 12.8. The number of esters is 1. The van der Waals surface area contributed by atoms with E-state index in [0.29, 0.717) is 17.1 Å². The van der Waals surface area contributed by atoms with Gasteiger partial charge in [-0.05, 0) is 31.2 Å². The lowest BCUT2D eigenvalue weighted by Crippen LogP contribution is -2.46. The molecule has 1 aliphatic heterocycles. The SMILES string of the molecule is C[C@@H](OC(=O)c1cc(Cl)c2c(c1)OCO2)C(=O)NNC(=O)c1ccccc1. The van der Waals surface area contributed by atoms with Crippen molar-refractivity contribution in [2.75, 3.05) is 6.79 Å². The first-order valence-electron chi connectivity index (χ1n) is 7.91. The molecule has 0 radical (unpaired) electrons. The molecule has 1 atom stereocenters. The number of halogens is 1. The lowest BCUT2D eigenvalue weighted by Gasteiger charge is -2.14. The summed E-state index contributed by atoms with van der Waals surface area (Å²) in [5, 5.41) is 0.198. The van der Waals surface area contributed by atoms with E-state index in [4.69, 9.17) is 25.8 Å². The van der Waals surface area contributed by atoms with Crippen LogP contribution in [0.1, 0.15) is 27.6 Å². The summed E-state index contributed by atoms with van der Waals surface area (Å²) in [5.74, 6) is -1.29. The molecule has 2 N–H and O–H groups in total. The van der Waals surface area contributed by atoms with Gasteiger partial charge in [0.05, 0.1) is 10.6 Å². The number of nitrogens with one attached hydrogen (secondary N) is 2. The highest BCUT2D eigenvalue weighted by Gasteiger charge is 2.24. The lowest BCUT2D eigenvalue weighted by molar-refractivity contribution is -0.129. The number of hydrogen-bond acceptors (Lipinski definition) is 6. The van der Waals surface area contributed by atoms with Gasteiger partial charge < -0.3 is 14.2 Å². The van der Waals surface area contributed by atoms with E-state index in [9.17, 15) is 14.4 Å². The molecule has 0 unspecified atom stereocenters. The molecule has 0 saturated heterocycles. The highest BCUT2D eigenvalue weighted by molar-refractivity contribution is 6.32. The molecule has 0 spiro atoms. The molecule has 0 saturated carbocycles. The minimum Gasteiger partial charge on any atom is -0.454 e. The minimum absolute atomic E-state index is 0.00742. The topological polar surface area (TPSA) is 103 Å². The Morgan fingerprint density at radius 1 is 1.07 bits per heavy atom. The fraction of sp³-hybridized carbons (Fsp3) is 0.167. The van der Waals surface area contributed by atoms with Crippen LogP contribution in [0.2, 0.25) is 5.02 Å². The number of rotatable bonds is 4. The van der Waals surface area contributed by atoms with Crippen LogP contribution in [0.4, 0.5) is 0 Å². The van der Waals surface area contributed by atoms with E-state index in [-0.39, 0.29) is 17.4 Å². The summed E-state index contributed by atoms with van der Waals surface area (Å²) < 4.78 is 15.4. The summed E-state index contributed by atoms with van der Waals surface area (Å²) in [7, 11) is 0. The van der Waals surface area contributed by atoms with Crippen molar-refractivity contribution >= 4 is 29.4 Å². The molecule has 3 rings (SSSR count). The molecule has 0 fully saturated rings. The Morgan fingerprint density at radius 2 is 1.81 bits per heavy atom. The predicted octanol–water partition coefficient (Wildman–Crippen LogP) is 2.08. The number of carbonyl (C=O) groups is 3. The van der Waals surface area contributed by atoms with Gasteiger partial charge in [-0.3, -0.25) is 20.4 Å². The van der Waals surface area contributed by atoms with E-state index < -0.39 is 23.9 Å². The van der Waals surface area contributed by atoms with Crippen LogP contribution in [0.25, 0.3) is 0 Å². The van der Waals surface area contributed by atoms with E-state index in [1.165, 1.54) is 19.1 Å². The Balaban J connectivity index is 1.56. The third kappa shape index (κ3) is 4.29. The first kappa shape index (κ1) is 18.5. The first-order chi connectivity index (χ1) is 13.0. The maximum absolute atomic E-state index is 12.2. The fourth-order valence-corrected chi connectivity index (χ4v) is 2.51. The van der Waals surface area contributed by atoms with Crippen LogP contribution in [0.5, 0.6) is 11.5 Å². The van der Waals surface area contributed by atoms with Crippen molar-refractivity contribution < 1.29 is 28.6 Å². The smallest absolute Gasteiger partial charge is 0.339 e. The molecular weight excluding hydrogens is 376 g/mol. The maximum atomic E-state index is 12.2. The van der Waals surface area contributed by atoms with Gasteiger partial charge in [0.25, 0.3) is 11.8 Å². The number of carbonyl (C=O) groups excluding carboxylic acids is 3. The monoisotopic (exact) mass is 390 g/mol. The van der Waals surface area contributed by atoms with Crippen molar-refractivity contribution in [2.24, 2.45) is 0 Å². The lowest BCUT2D eigenvalue weighted by atomic mass is 10.2. The number of hydrogen-bond donors (Lipinski definition) is 2. The van der Waals surface area contributed by atoms with E-state index in [0.717, 1.165) is 0 Å². The van der Waals surface area contributed by atoms with Gasteiger partial charge in [0.15, 0.2) is 17.6 Å². The summed E-state index contributed by atoms with van der Waals surface area (Å²) >= 11 is 6.02. The van der Waals surface area contributed by atoms with Gasteiger partial charge in [-0.2, -0.15) is 0 Å². The van der Waals surface area contributed by atoms with Gasteiger partial charge >= 0.3 is 5.97 Å². The van der Waals surface area contributed by atoms with Gasteiger partial charge in [-0.25, -0.2) is 4.79 Å². The van der Waals surface area contributed by atoms with E-state index in [1.54, 1.807) is 30.3 Å². The van der Waals surface area contributed by atoms with Crippen LogP contribution in [0.3, 0.4) is 0 Å². The van der Waals surface area contributed by atoms with Crippen molar-refractivity contribution in [3.8, 4) is 11.5 Å². The van der Waals surface area contributed by atoms with Crippen LogP contribution >= 0.6 is 11.6 Å². The number of fused-ring (bicyclic) bond motifs is 1. The molecule has 1 aliphatic rings. The molecule has 0 aromatic heterocycles. The molecule has 27 heavy (non-hydrogen) atoms. The van der Waals surface area contributed by atoms with Crippen LogP contribution in [0, 0.1) is 0 Å². The van der Waals surface area contributed by atoms with E-state index in [2.05, 4.69) is 10.9 Å². The zero-order valence-electron chi connectivity index (χ0n) is 14.2. The standard InChI is InChI=1S/C18H15ClN2O6/c1-10(16(22)20-21-17(23)11-5-3-2-4-6-11)27-18(24)12-7-13(19)15-14(8-12)25-9-26-15/h2-8,10H,9H2,1H3,(H,20,22)(H,21,23)/t10-/m1/s1. The molecule has 2 amide bonds. The molecule has 2 aromatic rings. The Hall–Kier alpha value is -3.26. The fourth-order valence-electron chi connectivity index (χ4n) is 2.25. The van der Waals surface area contributed by atoms with Crippen LogP contribution in [-0.2, 0) is 9.53 Å². The molecule has 0 aliphatic carbocycles. The number of amides is 2. The van der Waals surface area contributed by atoms with Crippen LogP contribution < -0.4 is 20.3 Å². The molecular formula is C18H15ClN2O6. The Kier molecular flexibility index (Phi) is 5.46. The second-order valence-electron chi connectivity index (χ2n) is 5.55. The number of ether oxygens (including phenoxy) is 3. The predicted molar refractivity (Wildman–Crippen MR) is 94.5 cm³/mol. The van der Waals surface area contributed by atoms with Gasteiger partial charge in [0.2, 0.25) is 6.79 Å². The maximum Gasteiger partial charge on any atom is 0.339 e. The van der Waals surface area contributed by atoms with Crippen molar-refractivity contribution in [2.45, 2.75) is 13.0 Å². The van der Waals surface area contributed by atoms with Gasteiger partial charge in [-0.1, -0.05) is 29.8 Å². The Morgan fingerprint density at radius 3 is 2.56 bits per heavy atom. The largest absolute Gasteiger partial charge is 0.454 e. The van der Waals surface area contributed by atoms with E-state index in [1.807, 2.05) is 0 Å². The minimum atomic E-state index is -1.15. The summed E-state index contributed by atoms with van der Waals surface area (Å²) in [6, 6.07) is 11.1. The molecule has 1 heterocycles. The summed E-state index contributed by atoms with van der Waals surface area (Å²) in [6.07, 6.45) is -1.15. The zero-order valence-corrected chi connectivity index (χ0v) is 14.9. The second kappa shape index (κ2) is 7.96. The average molecular weight is 391 g/mol. The van der Waals surface area contributed by atoms with Gasteiger partial charge in [0, 0.05) is 5.56 Å². The average Bonchev–Trinajstić information content (AvgIpc) is 3.15. The third-order valence-corrected chi connectivity index (χ3v) is 3.93. The molecule has 0 bridgehead atoms. The van der Waals surface area contributed by atoms with E-state index >= 15 is 0 Å². The molecule has 9 heteroatoms. The Labute approximate surface area is 159 Å². The quantitative estimate of drug-likeness (QED) is 0.612.